The van der Waals surface area contributed by atoms with Crippen molar-refractivity contribution in [3.05, 3.63) is 58.0 Å². The van der Waals surface area contributed by atoms with Crippen LogP contribution in [-0.2, 0) is 17.8 Å². The van der Waals surface area contributed by atoms with Crippen LogP contribution in [0.1, 0.15) is 55.1 Å². The molecule has 2 heterocycles. The first-order valence-corrected chi connectivity index (χ1v) is 10.3. The van der Waals surface area contributed by atoms with Crippen molar-refractivity contribution in [2.45, 2.75) is 64.1 Å². The molecule has 0 spiro atoms. The lowest BCUT2D eigenvalue weighted by molar-refractivity contribution is -0.122. The van der Waals surface area contributed by atoms with Gasteiger partial charge < -0.3 is 10.2 Å². The maximum absolute atomic E-state index is 13.1. The summed E-state index contributed by atoms with van der Waals surface area (Å²) in [5, 5.41) is 7.19. The van der Waals surface area contributed by atoms with Gasteiger partial charge in [0, 0.05) is 23.8 Å². The molecule has 1 aliphatic heterocycles. The van der Waals surface area contributed by atoms with Crippen molar-refractivity contribution >= 4 is 17.5 Å². The van der Waals surface area contributed by atoms with Gasteiger partial charge in [-0.05, 0) is 43.9 Å². The number of carbonyl (C=O) groups excluding carboxylic acids is 2. The number of fused-ring (bicyclic) bond motifs is 1. The van der Waals surface area contributed by atoms with Gasteiger partial charge in [-0.3, -0.25) is 14.4 Å². The molecule has 2 aliphatic rings. The fraction of sp³-hybridized carbons (Fsp3) is 0.455. The molecule has 0 unspecified atom stereocenters. The van der Waals surface area contributed by atoms with Crippen molar-refractivity contribution < 1.29 is 9.59 Å². The molecule has 7 nitrogen and oxygen atoms in total. The summed E-state index contributed by atoms with van der Waals surface area (Å²) in [7, 11) is 0. The Hall–Kier alpha value is -2.96. The van der Waals surface area contributed by atoms with E-state index in [2.05, 4.69) is 10.4 Å². The molecule has 2 aromatic rings. The van der Waals surface area contributed by atoms with Crippen LogP contribution < -0.4 is 15.8 Å². The highest BCUT2D eigenvalue weighted by Crippen LogP contribution is 2.32. The van der Waals surface area contributed by atoms with E-state index >= 15 is 0 Å². The van der Waals surface area contributed by atoms with Gasteiger partial charge in [0.05, 0.1) is 0 Å². The SMILES string of the molecule is C[C@H]1Cc2ccccc2N1C(=O)c1ccc(=O)n(CC(=O)NC2CCCCC2)n1. The zero-order valence-corrected chi connectivity index (χ0v) is 16.6. The molecule has 1 atom stereocenters. The number of carbonyl (C=O) groups is 2. The second-order valence-electron chi connectivity index (χ2n) is 7.97. The monoisotopic (exact) mass is 394 g/mol. The Bertz CT molecular complexity index is 978. The molecular formula is C22H26N4O3. The predicted molar refractivity (Wildman–Crippen MR) is 110 cm³/mol. The van der Waals surface area contributed by atoms with Gasteiger partial charge >= 0.3 is 0 Å². The van der Waals surface area contributed by atoms with E-state index in [4.69, 9.17) is 0 Å². The zero-order valence-electron chi connectivity index (χ0n) is 16.6. The number of nitrogens with one attached hydrogen (secondary N) is 1. The Kier molecular flexibility index (Phi) is 5.47. The molecule has 0 bridgehead atoms. The molecule has 0 radical (unpaired) electrons. The average molecular weight is 394 g/mol. The van der Waals surface area contributed by atoms with E-state index in [0.29, 0.717) is 0 Å². The second-order valence-corrected chi connectivity index (χ2v) is 7.97. The number of benzene rings is 1. The van der Waals surface area contributed by atoms with E-state index in [1.165, 1.54) is 18.6 Å². The zero-order chi connectivity index (χ0) is 20.4. The molecular weight excluding hydrogens is 368 g/mol. The van der Waals surface area contributed by atoms with Crippen molar-refractivity contribution in [1.82, 2.24) is 15.1 Å². The second kappa shape index (κ2) is 8.19. The number of anilines is 1. The number of para-hydroxylation sites is 1. The Morgan fingerprint density at radius 1 is 1.10 bits per heavy atom. The first-order chi connectivity index (χ1) is 14.0. The molecule has 7 heteroatoms. The van der Waals surface area contributed by atoms with Crippen molar-refractivity contribution in [3.63, 3.8) is 0 Å². The van der Waals surface area contributed by atoms with E-state index < -0.39 is 5.56 Å². The summed E-state index contributed by atoms with van der Waals surface area (Å²) in [6.07, 6.45) is 6.16. The number of amides is 2. The molecule has 1 aromatic carbocycles. The minimum absolute atomic E-state index is 0.0108. The molecule has 4 rings (SSSR count). The minimum atomic E-state index is -0.393. The fourth-order valence-electron chi connectivity index (χ4n) is 4.33. The summed E-state index contributed by atoms with van der Waals surface area (Å²) in [5.41, 5.74) is 1.77. The van der Waals surface area contributed by atoms with Crippen LogP contribution in [0.5, 0.6) is 0 Å². The molecule has 1 saturated carbocycles. The van der Waals surface area contributed by atoms with Crippen molar-refractivity contribution in [3.8, 4) is 0 Å². The van der Waals surface area contributed by atoms with Crippen LogP contribution in [0.4, 0.5) is 5.69 Å². The molecule has 152 valence electrons. The predicted octanol–water partition coefficient (Wildman–Crippen LogP) is 2.28. The Morgan fingerprint density at radius 2 is 1.86 bits per heavy atom. The lowest BCUT2D eigenvalue weighted by Crippen LogP contribution is -2.41. The first-order valence-electron chi connectivity index (χ1n) is 10.3. The third kappa shape index (κ3) is 4.09. The number of hydrogen-bond donors (Lipinski definition) is 1. The fourth-order valence-corrected chi connectivity index (χ4v) is 4.33. The van der Waals surface area contributed by atoms with E-state index in [1.54, 1.807) is 4.90 Å². The van der Waals surface area contributed by atoms with E-state index in [1.807, 2.05) is 31.2 Å². The van der Waals surface area contributed by atoms with Gasteiger partial charge in [0.15, 0.2) is 0 Å². The normalized spacial score (nSPS) is 19.1. The number of aromatic nitrogens is 2. The van der Waals surface area contributed by atoms with Gasteiger partial charge in [-0.1, -0.05) is 37.5 Å². The van der Waals surface area contributed by atoms with Gasteiger partial charge in [0.1, 0.15) is 12.2 Å². The Morgan fingerprint density at radius 3 is 2.66 bits per heavy atom. The van der Waals surface area contributed by atoms with Crippen LogP contribution in [0, 0.1) is 0 Å². The van der Waals surface area contributed by atoms with Crippen LogP contribution in [0.15, 0.2) is 41.2 Å². The topological polar surface area (TPSA) is 84.3 Å². The lowest BCUT2D eigenvalue weighted by Gasteiger charge is -2.23. The van der Waals surface area contributed by atoms with Crippen LogP contribution in [-0.4, -0.2) is 33.7 Å². The van der Waals surface area contributed by atoms with E-state index in [0.717, 1.165) is 48.0 Å². The Labute approximate surface area is 169 Å². The summed E-state index contributed by atoms with van der Waals surface area (Å²) in [6.45, 7) is 1.81. The van der Waals surface area contributed by atoms with Crippen molar-refractivity contribution in [2.24, 2.45) is 0 Å². The van der Waals surface area contributed by atoms with Gasteiger partial charge in [0.2, 0.25) is 5.91 Å². The summed E-state index contributed by atoms with van der Waals surface area (Å²) in [5.74, 6) is -0.500. The molecule has 1 aromatic heterocycles. The van der Waals surface area contributed by atoms with Crippen LogP contribution in [0.25, 0.3) is 0 Å². The summed E-state index contributed by atoms with van der Waals surface area (Å²) < 4.78 is 1.08. The Balaban J connectivity index is 1.51. The summed E-state index contributed by atoms with van der Waals surface area (Å²) in [4.78, 5) is 39.4. The van der Waals surface area contributed by atoms with Gasteiger partial charge in [-0.25, -0.2) is 4.68 Å². The highest BCUT2D eigenvalue weighted by molar-refractivity contribution is 6.06. The molecule has 29 heavy (non-hydrogen) atoms. The molecule has 2 amide bonds. The molecule has 0 saturated heterocycles. The highest BCUT2D eigenvalue weighted by atomic mass is 16.2. The number of rotatable bonds is 4. The van der Waals surface area contributed by atoms with Crippen molar-refractivity contribution in [1.29, 1.82) is 0 Å². The van der Waals surface area contributed by atoms with Crippen LogP contribution >= 0.6 is 0 Å². The first kappa shape index (κ1) is 19.4. The smallest absolute Gasteiger partial charge is 0.278 e. The maximum atomic E-state index is 13.1. The quantitative estimate of drug-likeness (QED) is 0.862. The molecule has 1 aliphatic carbocycles. The van der Waals surface area contributed by atoms with Gasteiger partial charge in [0.25, 0.3) is 11.5 Å². The van der Waals surface area contributed by atoms with E-state index in [-0.39, 0.29) is 36.1 Å². The van der Waals surface area contributed by atoms with Crippen molar-refractivity contribution in [2.75, 3.05) is 4.90 Å². The van der Waals surface area contributed by atoms with Gasteiger partial charge in [-0.15, -0.1) is 0 Å². The lowest BCUT2D eigenvalue weighted by atomic mass is 9.95. The molecule has 1 fully saturated rings. The van der Waals surface area contributed by atoms with Crippen LogP contribution in [0.2, 0.25) is 0 Å². The minimum Gasteiger partial charge on any atom is -0.352 e. The summed E-state index contributed by atoms with van der Waals surface area (Å²) in [6, 6.07) is 10.7. The molecule has 1 N–H and O–H groups in total. The van der Waals surface area contributed by atoms with Crippen LogP contribution in [0.3, 0.4) is 0 Å². The number of hydrogen-bond acceptors (Lipinski definition) is 4. The maximum Gasteiger partial charge on any atom is 0.278 e. The third-order valence-corrected chi connectivity index (χ3v) is 5.78. The highest BCUT2D eigenvalue weighted by Gasteiger charge is 2.32. The largest absolute Gasteiger partial charge is 0.352 e. The average Bonchev–Trinajstić information content (AvgIpc) is 3.05. The number of nitrogens with zero attached hydrogens (tertiary/aromatic N) is 3. The third-order valence-electron chi connectivity index (χ3n) is 5.78. The van der Waals surface area contributed by atoms with E-state index in [9.17, 15) is 14.4 Å². The van der Waals surface area contributed by atoms with Gasteiger partial charge in [-0.2, -0.15) is 5.10 Å². The summed E-state index contributed by atoms with van der Waals surface area (Å²) >= 11 is 0. The standard InChI is InChI=1S/C22H26N4O3/c1-15-13-16-7-5-6-10-19(16)26(15)22(29)18-11-12-21(28)25(24-18)14-20(27)23-17-8-3-2-4-9-17/h5-7,10-12,15,17H,2-4,8-9,13-14H2,1H3,(H,23,27)/t15-/m0/s1.